The predicted molar refractivity (Wildman–Crippen MR) is 122 cm³/mol. The van der Waals surface area contributed by atoms with Crippen molar-refractivity contribution in [1.82, 2.24) is 0 Å². The lowest BCUT2D eigenvalue weighted by Crippen LogP contribution is -2.29. The van der Waals surface area contributed by atoms with Gasteiger partial charge < -0.3 is 10.2 Å². The molecule has 0 saturated carbocycles. The van der Waals surface area contributed by atoms with Crippen molar-refractivity contribution in [1.29, 1.82) is 0 Å². The Morgan fingerprint density at radius 3 is 2.18 bits per heavy atom. The van der Waals surface area contributed by atoms with Crippen LogP contribution in [0.15, 0.2) is 78.4 Å². The average Bonchev–Trinajstić information content (AvgIpc) is 3.09. The Kier molecular flexibility index (Phi) is 5.68. The fraction of sp³-hybridized carbons (Fsp3) is 0.0800. The van der Waals surface area contributed by atoms with Gasteiger partial charge in [-0.25, -0.2) is 4.79 Å². The molecule has 1 unspecified atom stereocenters. The number of ketones is 1. The normalized spacial score (nSPS) is 17.1. The Balaban J connectivity index is 1.94. The lowest BCUT2D eigenvalue weighted by atomic mass is 9.94. The van der Waals surface area contributed by atoms with E-state index in [1.54, 1.807) is 24.3 Å². The highest BCUT2D eigenvalue weighted by Gasteiger charge is 2.47. The van der Waals surface area contributed by atoms with Crippen LogP contribution in [0.25, 0.3) is 5.76 Å². The molecule has 9 heteroatoms. The number of benzene rings is 3. The first-order valence-electron chi connectivity index (χ1n) is 10.1. The molecule has 170 valence electrons. The number of hydrogen-bond acceptors (Lipinski definition) is 6. The number of non-ortho nitro benzene ring substituents is 1. The molecule has 1 heterocycles. The van der Waals surface area contributed by atoms with Crippen molar-refractivity contribution in [3.63, 3.8) is 0 Å². The fourth-order valence-corrected chi connectivity index (χ4v) is 3.85. The molecule has 9 nitrogen and oxygen atoms in total. The summed E-state index contributed by atoms with van der Waals surface area (Å²) in [5.74, 6) is -3.54. The largest absolute Gasteiger partial charge is 0.507 e. The second-order valence-corrected chi connectivity index (χ2v) is 7.74. The van der Waals surface area contributed by atoms with Gasteiger partial charge in [-0.2, -0.15) is 0 Å². The third kappa shape index (κ3) is 3.90. The van der Waals surface area contributed by atoms with E-state index in [9.17, 15) is 34.7 Å². The number of carboxylic acids is 1. The number of rotatable bonds is 5. The maximum absolute atomic E-state index is 13.1. The van der Waals surface area contributed by atoms with Crippen molar-refractivity contribution in [2.75, 3.05) is 4.90 Å². The van der Waals surface area contributed by atoms with Crippen molar-refractivity contribution >= 4 is 34.8 Å². The van der Waals surface area contributed by atoms with Crippen molar-refractivity contribution < 1.29 is 29.5 Å². The molecule has 0 bridgehead atoms. The zero-order valence-corrected chi connectivity index (χ0v) is 17.8. The van der Waals surface area contributed by atoms with Crippen LogP contribution in [-0.4, -0.2) is 32.8 Å². The summed E-state index contributed by atoms with van der Waals surface area (Å²) in [5.41, 5.74) is 1.22. The number of anilines is 1. The lowest BCUT2D eigenvalue weighted by Gasteiger charge is -2.25. The summed E-state index contributed by atoms with van der Waals surface area (Å²) >= 11 is 0. The van der Waals surface area contributed by atoms with Crippen LogP contribution < -0.4 is 4.90 Å². The van der Waals surface area contributed by atoms with Gasteiger partial charge in [0.2, 0.25) is 0 Å². The molecule has 1 amide bonds. The highest BCUT2D eigenvalue weighted by molar-refractivity contribution is 6.51. The summed E-state index contributed by atoms with van der Waals surface area (Å²) < 4.78 is 0. The molecule has 2 N–H and O–H groups in total. The Bertz CT molecular complexity index is 1360. The number of Topliss-reactive ketones (excluding diaryl/α,β-unsaturated/α-hetero) is 1. The summed E-state index contributed by atoms with van der Waals surface area (Å²) in [6.45, 7) is 1.86. The van der Waals surface area contributed by atoms with E-state index >= 15 is 0 Å². The third-order valence-corrected chi connectivity index (χ3v) is 5.56. The molecule has 4 rings (SSSR count). The van der Waals surface area contributed by atoms with Crippen LogP contribution in [0.1, 0.15) is 33.1 Å². The van der Waals surface area contributed by atoms with Crippen molar-refractivity contribution in [3.8, 4) is 0 Å². The highest BCUT2D eigenvalue weighted by atomic mass is 16.6. The van der Waals surface area contributed by atoms with Crippen molar-refractivity contribution in [3.05, 3.63) is 111 Å². The van der Waals surface area contributed by atoms with Gasteiger partial charge in [0.1, 0.15) is 5.76 Å². The molecule has 0 aliphatic carbocycles. The van der Waals surface area contributed by atoms with E-state index in [0.717, 1.165) is 10.5 Å². The Morgan fingerprint density at radius 1 is 0.941 bits per heavy atom. The van der Waals surface area contributed by atoms with E-state index in [1.165, 1.54) is 48.5 Å². The maximum Gasteiger partial charge on any atom is 0.335 e. The molecule has 0 spiro atoms. The summed E-state index contributed by atoms with van der Waals surface area (Å²) in [5, 5.41) is 31.5. The topological polar surface area (TPSA) is 138 Å². The van der Waals surface area contributed by atoms with E-state index < -0.39 is 34.4 Å². The monoisotopic (exact) mass is 458 g/mol. The number of carbonyl (C=O) groups is 3. The number of carboxylic acid groups (broad SMARTS) is 1. The molecule has 1 aliphatic rings. The molecule has 1 fully saturated rings. The number of nitro groups is 1. The average molecular weight is 458 g/mol. The number of carbonyl (C=O) groups excluding carboxylic acids is 2. The number of aromatic carboxylic acids is 1. The van der Waals surface area contributed by atoms with Gasteiger partial charge in [0.15, 0.2) is 0 Å². The molecule has 3 aromatic carbocycles. The van der Waals surface area contributed by atoms with Crippen LogP contribution in [0.2, 0.25) is 0 Å². The minimum atomic E-state index is -1.22. The lowest BCUT2D eigenvalue weighted by molar-refractivity contribution is -0.384. The smallest absolute Gasteiger partial charge is 0.335 e. The second kappa shape index (κ2) is 8.62. The van der Waals surface area contributed by atoms with Crippen molar-refractivity contribution in [2.45, 2.75) is 13.0 Å². The standard InChI is InChI=1S/C25H18N2O7/c1-14-5-7-16(8-6-14)22(28)20-21(15-9-11-18(12-10-15)27(33)34)26(24(30)23(20)29)19-4-2-3-17(13-19)25(31)32/h2-13,21,28H,1H3,(H,31,32). The maximum atomic E-state index is 13.1. The van der Waals surface area contributed by atoms with E-state index in [1.807, 2.05) is 6.92 Å². The van der Waals surface area contributed by atoms with Crippen molar-refractivity contribution in [2.24, 2.45) is 0 Å². The molecular weight excluding hydrogens is 440 g/mol. The number of aryl methyl sites for hydroxylation is 1. The molecular formula is C25H18N2O7. The van der Waals surface area contributed by atoms with Crippen LogP contribution in [0.5, 0.6) is 0 Å². The summed E-state index contributed by atoms with van der Waals surface area (Å²) in [6.07, 6.45) is 0. The number of aliphatic hydroxyl groups is 1. The zero-order valence-electron chi connectivity index (χ0n) is 17.8. The second-order valence-electron chi connectivity index (χ2n) is 7.74. The van der Waals surface area contributed by atoms with Gasteiger partial charge in [-0.05, 0) is 42.8 Å². The van der Waals surface area contributed by atoms with Gasteiger partial charge in [-0.15, -0.1) is 0 Å². The Morgan fingerprint density at radius 2 is 1.59 bits per heavy atom. The highest BCUT2D eigenvalue weighted by Crippen LogP contribution is 2.42. The molecule has 1 atom stereocenters. The minimum Gasteiger partial charge on any atom is -0.507 e. The van der Waals surface area contributed by atoms with Gasteiger partial charge in [0, 0.05) is 23.4 Å². The number of amides is 1. The van der Waals surface area contributed by atoms with Gasteiger partial charge in [-0.1, -0.05) is 35.9 Å². The van der Waals surface area contributed by atoms with Gasteiger partial charge in [0.05, 0.1) is 22.1 Å². The fourth-order valence-electron chi connectivity index (χ4n) is 3.85. The number of aliphatic hydroxyl groups excluding tert-OH is 1. The summed E-state index contributed by atoms with van der Waals surface area (Å²) in [7, 11) is 0. The molecule has 1 aliphatic heterocycles. The Hall–Kier alpha value is -4.79. The van der Waals surface area contributed by atoms with E-state index in [0.29, 0.717) is 11.1 Å². The van der Waals surface area contributed by atoms with Crippen LogP contribution in [0.4, 0.5) is 11.4 Å². The first-order chi connectivity index (χ1) is 16.2. The Labute approximate surface area is 193 Å². The minimum absolute atomic E-state index is 0.0969. The first-order valence-corrected chi connectivity index (χ1v) is 10.1. The number of hydrogen-bond donors (Lipinski definition) is 2. The predicted octanol–water partition coefficient (Wildman–Crippen LogP) is 4.23. The van der Waals surface area contributed by atoms with E-state index in [4.69, 9.17) is 0 Å². The van der Waals surface area contributed by atoms with E-state index in [2.05, 4.69) is 0 Å². The third-order valence-electron chi connectivity index (χ3n) is 5.56. The quantitative estimate of drug-likeness (QED) is 0.192. The van der Waals surface area contributed by atoms with Crippen LogP contribution >= 0.6 is 0 Å². The molecule has 0 aromatic heterocycles. The van der Waals surface area contributed by atoms with E-state index in [-0.39, 0.29) is 22.5 Å². The van der Waals surface area contributed by atoms with Crippen LogP contribution in [0, 0.1) is 17.0 Å². The number of nitrogens with zero attached hydrogens (tertiary/aromatic N) is 2. The summed E-state index contributed by atoms with van der Waals surface area (Å²) in [4.78, 5) is 49.3. The molecule has 3 aromatic rings. The molecule has 0 radical (unpaired) electrons. The van der Waals surface area contributed by atoms with Crippen LogP contribution in [-0.2, 0) is 9.59 Å². The number of nitro benzene ring substituents is 1. The molecule has 1 saturated heterocycles. The van der Waals surface area contributed by atoms with Gasteiger partial charge in [-0.3, -0.25) is 24.6 Å². The molecule has 34 heavy (non-hydrogen) atoms. The SMILES string of the molecule is Cc1ccc(C(O)=C2C(=O)C(=O)N(c3cccc(C(=O)O)c3)C2c2ccc([N+](=O)[O-])cc2)cc1. The summed E-state index contributed by atoms with van der Waals surface area (Å²) in [6, 6.07) is 16.3. The zero-order chi connectivity index (χ0) is 24.6. The van der Waals surface area contributed by atoms with Crippen LogP contribution in [0.3, 0.4) is 0 Å². The first kappa shape index (κ1) is 22.4. The van der Waals surface area contributed by atoms with Gasteiger partial charge in [0.25, 0.3) is 17.4 Å². The van der Waals surface area contributed by atoms with Gasteiger partial charge >= 0.3 is 5.97 Å².